The summed E-state index contributed by atoms with van der Waals surface area (Å²) in [5.74, 6) is 0. The first kappa shape index (κ1) is 8.15. The lowest BCUT2D eigenvalue weighted by molar-refractivity contribution is 1.18. The zero-order valence-corrected chi connectivity index (χ0v) is 7.84. The largest absolute Gasteiger partial charge is 0.306 e. The molecule has 0 saturated heterocycles. The van der Waals surface area contributed by atoms with E-state index in [0.717, 1.165) is 11.1 Å². The highest BCUT2D eigenvalue weighted by atomic mass is 35.5. The van der Waals surface area contributed by atoms with Crippen molar-refractivity contribution in [2.24, 2.45) is 0 Å². The van der Waals surface area contributed by atoms with Gasteiger partial charge in [-0.3, -0.25) is 0 Å². The zero-order valence-electron chi connectivity index (χ0n) is 7.08. The standard InChI is InChI=1S/C10H7ClN2/c1-7-4-9-8(5-12)2-3-10(11)13(9)6-7/h2-4,6H,1H3. The summed E-state index contributed by atoms with van der Waals surface area (Å²) < 4.78 is 1.81. The van der Waals surface area contributed by atoms with Crippen LogP contribution in [-0.2, 0) is 0 Å². The van der Waals surface area contributed by atoms with Crippen LogP contribution in [0.5, 0.6) is 0 Å². The van der Waals surface area contributed by atoms with Crippen LogP contribution in [-0.4, -0.2) is 4.40 Å². The summed E-state index contributed by atoms with van der Waals surface area (Å²) in [7, 11) is 0. The molecule has 2 aromatic rings. The molecule has 0 amide bonds. The Morgan fingerprint density at radius 2 is 2.23 bits per heavy atom. The van der Waals surface area contributed by atoms with Crippen LogP contribution in [0.1, 0.15) is 11.1 Å². The number of nitriles is 1. The van der Waals surface area contributed by atoms with E-state index < -0.39 is 0 Å². The normalized spacial score (nSPS) is 10.2. The van der Waals surface area contributed by atoms with Crippen molar-refractivity contribution in [2.75, 3.05) is 0 Å². The van der Waals surface area contributed by atoms with Gasteiger partial charge in [-0.05, 0) is 30.7 Å². The first-order chi connectivity index (χ1) is 6.22. The van der Waals surface area contributed by atoms with Crippen LogP contribution in [0.4, 0.5) is 0 Å². The van der Waals surface area contributed by atoms with Gasteiger partial charge in [-0.25, -0.2) is 0 Å². The third-order valence-corrected chi connectivity index (χ3v) is 2.28. The summed E-state index contributed by atoms with van der Waals surface area (Å²) >= 11 is 5.95. The van der Waals surface area contributed by atoms with Crippen molar-refractivity contribution in [3.63, 3.8) is 0 Å². The van der Waals surface area contributed by atoms with Crippen LogP contribution in [0.15, 0.2) is 24.4 Å². The highest BCUT2D eigenvalue weighted by Crippen LogP contribution is 2.19. The summed E-state index contributed by atoms with van der Waals surface area (Å²) in [6.07, 6.45) is 1.92. The average Bonchev–Trinajstić information content (AvgIpc) is 2.48. The predicted molar refractivity (Wildman–Crippen MR) is 51.9 cm³/mol. The van der Waals surface area contributed by atoms with Crippen LogP contribution in [0, 0.1) is 18.3 Å². The lowest BCUT2D eigenvalue weighted by atomic mass is 10.2. The lowest BCUT2D eigenvalue weighted by Gasteiger charge is -1.98. The molecule has 0 fully saturated rings. The van der Waals surface area contributed by atoms with E-state index in [1.54, 1.807) is 12.1 Å². The van der Waals surface area contributed by atoms with E-state index >= 15 is 0 Å². The smallest absolute Gasteiger partial charge is 0.113 e. The van der Waals surface area contributed by atoms with Crippen molar-refractivity contribution < 1.29 is 0 Å². The van der Waals surface area contributed by atoms with Crippen molar-refractivity contribution in [3.8, 4) is 6.07 Å². The second-order valence-electron chi connectivity index (χ2n) is 2.95. The number of fused-ring (bicyclic) bond motifs is 1. The van der Waals surface area contributed by atoms with Gasteiger partial charge >= 0.3 is 0 Å². The van der Waals surface area contributed by atoms with Gasteiger partial charge in [0, 0.05) is 6.20 Å². The van der Waals surface area contributed by atoms with Gasteiger partial charge in [0.1, 0.15) is 11.2 Å². The molecule has 0 aliphatic carbocycles. The Labute approximate surface area is 81.0 Å². The molecule has 0 unspecified atom stereocenters. The third kappa shape index (κ3) is 1.18. The molecule has 2 rings (SSSR count). The molecule has 0 radical (unpaired) electrons. The second-order valence-corrected chi connectivity index (χ2v) is 3.34. The van der Waals surface area contributed by atoms with Gasteiger partial charge in [-0.1, -0.05) is 11.6 Å². The van der Waals surface area contributed by atoms with Crippen molar-refractivity contribution in [1.82, 2.24) is 4.40 Å². The SMILES string of the molecule is Cc1cc2c(C#N)ccc(Cl)n2c1. The highest BCUT2D eigenvalue weighted by Gasteiger charge is 2.04. The van der Waals surface area contributed by atoms with Gasteiger partial charge in [-0.2, -0.15) is 5.26 Å². The van der Waals surface area contributed by atoms with Gasteiger partial charge < -0.3 is 4.40 Å². The molecule has 0 saturated carbocycles. The van der Waals surface area contributed by atoms with Crippen LogP contribution in [0.3, 0.4) is 0 Å². The monoisotopic (exact) mass is 190 g/mol. The number of aromatic nitrogens is 1. The molecule has 0 spiro atoms. The molecule has 0 aliphatic rings. The minimum Gasteiger partial charge on any atom is -0.306 e. The number of aryl methyl sites for hydroxylation is 1. The summed E-state index contributed by atoms with van der Waals surface area (Å²) in [6.45, 7) is 1.98. The van der Waals surface area contributed by atoms with E-state index in [9.17, 15) is 0 Å². The third-order valence-electron chi connectivity index (χ3n) is 1.97. The Morgan fingerprint density at radius 3 is 2.92 bits per heavy atom. The van der Waals surface area contributed by atoms with E-state index in [0.29, 0.717) is 10.7 Å². The zero-order chi connectivity index (χ0) is 9.42. The molecule has 3 heteroatoms. The van der Waals surface area contributed by atoms with Crippen molar-refractivity contribution in [1.29, 1.82) is 5.26 Å². The highest BCUT2D eigenvalue weighted by molar-refractivity contribution is 6.29. The lowest BCUT2D eigenvalue weighted by Crippen LogP contribution is -1.86. The Morgan fingerprint density at radius 1 is 1.46 bits per heavy atom. The van der Waals surface area contributed by atoms with Crippen molar-refractivity contribution >= 4 is 17.1 Å². The van der Waals surface area contributed by atoms with E-state index in [1.165, 1.54) is 0 Å². The fourth-order valence-electron chi connectivity index (χ4n) is 1.39. The summed E-state index contributed by atoms with van der Waals surface area (Å²) in [5.41, 5.74) is 2.62. The topological polar surface area (TPSA) is 28.2 Å². The number of hydrogen-bond donors (Lipinski definition) is 0. The van der Waals surface area contributed by atoms with Gasteiger partial charge in [0.25, 0.3) is 0 Å². The molecule has 13 heavy (non-hydrogen) atoms. The number of pyridine rings is 1. The number of halogens is 1. The van der Waals surface area contributed by atoms with Gasteiger partial charge in [0.15, 0.2) is 0 Å². The van der Waals surface area contributed by atoms with Gasteiger partial charge in [0.05, 0.1) is 11.1 Å². The minimum absolute atomic E-state index is 0.627. The summed E-state index contributed by atoms with van der Waals surface area (Å²) in [4.78, 5) is 0. The van der Waals surface area contributed by atoms with Gasteiger partial charge in [0.2, 0.25) is 0 Å². The molecule has 0 aromatic carbocycles. The molecule has 0 atom stereocenters. The number of hydrogen-bond acceptors (Lipinski definition) is 1. The first-order valence-corrected chi connectivity index (χ1v) is 4.27. The molecular formula is C10H7ClN2. The van der Waals surface area contributed by atoms with E-state index in [1.807, 2.05) is 23.6 Å². The molecular weight excluding hydrogens is 184 g/mol. The van der Waals surface area contributed by atoms with Crippen molar-refractivity contribution in [2.45, 2.75) is 6.92 Å². The number of rotatable bonds is 0. The van der Waals surface area contributed by atoms with E-state index in [-0.39, 0.29) is 0 Å². The number of nitrogens with zero attached hydrogens (tertiary/aromatic N) is 2. The first-order valence-electron chi connectivity index (χ1n) is 3.89. The van der Waals surface area contributed by atoms with E-state index in [2.05, 4.69) is 6.07 Å². The molecule has 0 aliphatic heterocycles. The predicted octanol–water partition coefficient (Wildman–Crippen LogP) is 2.77. The maximum absolute atomic E-state index is 8.83. The van der Waals surface area contributed by atoms with Crippen LogP contribution in [0.25, 0.3) is 5.52 Å². The molecule has 2 aromatic heterocycles. The molecule has 64 valence electrons. The molecule has 0 N–H and O–H groups in total. The maximum Gasteiger partial charge on any atom is 0.113 e. The minimum atomic E-state index is 0.627. The average molecular weight is 191 g/mol. The second kappa shape index (κ2) is 2.79. The Balaban J connectivity index is 2.94. The summed E-state index contributed by atoms with van der Waals surface area (Å²) in [6, 6.07) is 7.54. The van der Waals surface area contributed by atoms with Crippen LogP contribution < -0.4 is 0 Å². The Hall–Kier alpha value is -1.46. The van der Waals surface area contributed by atoms with Crippen LogP contribution >= 0.6 is 11.6 Å². The molecule has 0 bridgehead atoms. The fourth-order valence-corrected chi connectivity index (χ4v) is 1.60. The van der Waals surface area contributed by atoms with Crippen LogP contribution in [0.2, 0.25) is 5.15 Å². The van der Waals surface area contributed by atoms with Gasteiger partial charge in [-0.15, -0.1) is 0 Å². The molecule has 2 heterocycles. The fraction of sp³-hybridized carbons (Fsp3) is 0.100. The van der Waals surface area contributed by atoms with Crippen molar-refractivity contribution in [3.05, 3.63) is 40.7 Å². The summed E-state index contributed by atoms with van der Waals surface area (Å²) in [5, 5.41) is 9.46. The Kier molecular flexibility index (Phi) is 1.75. The maximum atomic E-state index is 8.83. The molecule has 2 nitrogen and oxygen atoms in total. The Bertz CT molecular complexity index is 505. The quantitative estimate of drug-likeness (QED) is 0.587. The van der Waals surface area contributed by atoms with E-state index in [4.69, 9.17) is 16.9 Å².